The molecule has 0 aliphatic carbocycles. The second-order valence-electron chi connectivity index (χ2n) is 5.52. The zero-order valence-electron chi connectivity index (χ0n) is 11.7. The summed E-state index contributed by atoms with van der Waals surface area (Å²) in [6, 6.07) is 5.27. The highest BCUT2D eigenvalue weighted by molar-refractivity contribution is 6.31. The van der Waals surface area contributed by atoms with Crippen LogP contribution in [0.25, 0.3) is 0 Å². The molecule has 0 saturated carbocycles. The SMILES string of the molecule is CC1CC[NH+](Cc2cc(OCC(=O)[O-])ccc2Cl)CC1. The Labute approximate surface area is 124 Å². The summed E-state index contributed by atoms with van der Waals surface area (Å²) in [5, 5.41) is 11.1. The Hall–Kier alpha value is -1.26. The van der Waals surface area contributed by atoms with Gasteiger partial charge in [0.15, 0.2) is 0 Å². The molecule has 1 N–H and O–H groups in total. The van der Waals surface area contributed by atoms with Crippen LogP contribution in [0.2, 0.25) is 5.02 Å². The van der Waals surface area contributed by atoms with Crippen molar-refractivity contribution in [2.24, 2.45) is 5.92 Å². The van der Waals surface area contributed by atoms with Crippen molar-refractivity contribution in [1.29, 1.82) is 0 Å². The molecule has 20 heavy (non-hydrogen) atoms. The van der Waals surface area contributed by atoms with E-state index in [1.165, 1.54) is 17.7 Å². The second-order valence-corrected chi connectivity index (χ2v) is 5.93. The van der Waals surface area contributed by atoms with Gasteiger partial charge in [-0.3, -0.25) is 0 Å². The summed E-state index contributed by atoms with van der Waals surface area (Å²) in [6.07, 6.45) is 2.49. The molecule has 2 rings (SSSR count). The lowest BCUT2D eigenvalue weighted by Gasteiger charge is -2.27. The number of quaternary nitrogens is 1. The maximum Gasteiger partial charge on any atom is 0.128 e. The van der Waals surface area contributed by atoms with E-state index in [0.717, 1.165) is 31.1 Å². The van der Waals surface area contributed by atoms with Gasteiger partial charge in [-0.2, -0.15) is 0 Å². The summed E-state index contributed by atoms with van der Waals surface area (Å²) in [6.45, 7) is 5.02. The zero-order chi connectivity index (χ0) is 14.5. The molecule has 0 aromatic heterocycles. The third-order valence-corrected chi connectivity index (χ3v) is 4.16. The Bertz CT molecular complexity index is 470. The maximum absolute atomic E-state index is 10.4. The van der Waals surface area contributed by atoms with E-state index in [1.54, 1.807) is 12.1 Å². The minimum atomic E-state index is -1.22. The molecule has 0 spiro atoms. The van der Waals surface area contributed by atoms with Crippen LogP contribution in [-0.2, 0) is 11.3 Å². The zero-order valence-corrected chi connectivity index (χ0v) is 12.4. The number of hydrogen-bond acceptors (Lipinski definition) is 3. The Morgan fingerprint density at radius 2 is 2.15 bits per heavy atom. The molecule has 1 fully saturated rings. The molecule has 0 unspecified atom stereocenters. The van der Waals surface area contributed by atoms with Crippen LogP contribution in [0.15, 0.2) is 18.2 Å². The molecular weight excluding hydrogens is 278 g/mol. The number of piperidine rings is 1. The highest BCUT2D eigenvalue weighted by Crippen LogP contribution is 2.21. The fourth-order valence-corrected chi connectivity index (χ4v) is 2.72. The predicted molar refractivity (Wildman–Crippen MR) is 74.8 cm³/mol. The molecule has 1 aliphatic rings. The van der Waals surface area contributed by atoms with Crippen molar-refractivity contribution in [3.8, 4) is 5.75 Å². The minimum Gasteiger partial charge on any atom is -0.546 e. The molecule has 1 heterocycles. The van der Waals surface area contributed by atoms with Crippen LogP contribution in [0.5, 0.6) is 5.75 Å². The van der Waals surface area contributed by atoms with Gasteiger partial charge in [-0.1, -0.05) is 18.5 Å². The molecular formula is C15H20ClNO3. The topological polar surface area (TPSA) is 53.8 Å². The number of carbonyl (C=O) groups is 1. The Kier molecular flexibility index (Phi) is 5.26. The molecule has 1 aliphatic heterocycles. The van der Waals surface area contributed by atoms with Gasteiger partial charge in [-0.15, -0.1) is 0 Å². The fraction of sp³-hybridized carbons (Fsp3) is 0.533. The number of carbonyl (C=O) groups excluding carboxylic acids is 1. The Morgan fingerprint density at radius 1 is 1.45 bits per heavy atom. The van der Waals surface area contributed by atoms with E-state index >= 15 is 0 Å². The number of halogens is 1. The fourth-order valence-electron chi connectivity index (χ4n) is 2.54. The number of likely N-dealkylation sites (tertiary alicyclic amines) is 1. The number of carboxylic acid groups (broad SMARTS) is 1. The van der Waals surface area contributed by atoms with Crippen LogP contribution in [-0.4, -0.2) is 25.7 Å². The lowest BCUT2D eigenvalue weighted by molar-refractivity contribution is -0.919. The van der Waals surface area contributed by atoms with E-state index < -0.39 is 12.6 Å². The largest absolute Gasteiger partial charge is 0.546 e. The normalized spacial score (nSPS) is 22.5. The lowest BCUT2D eigenvalue weighted by atomic mass is 9.99. The summed E-state index contributed by atoms with van der Waals surface area (Å²) in [5.41, 5.74) is 1.01. The molecule has 1 aromatic rings. The lowest BCUT2D eigenvalue weighted by Crippen LogP contribution is -3.11. The monoisotopic (exact) mass is 297 g/mol. The van der Waals surface area contributed by atoms with Gasteiger partial charge in [-0.05, 0) is 37.0 Å². The maximum atomic E-state index is 10.4. The third kappa shape index (κ3) is 4.39. The van der Waals surface area contributed by atoms with Crippen molar-refractivity contribution in [3.05, 3.63) is 28.8 Å². The summed E-state index contributed by atoms with van der Waals surface area (Å²) >= 11 is 6.21. The minimum absolute atomic E-state index is 0.435. The number of hydrogen-bond donors (Lipinski definition) is 1. The van der Waals surface area contributed by atoms with Gasteiger partial charge in [0.1, 0.15) is 18.9 Å². The molecule has 0 bridgehead atoms. The Morgan fingerprint density at radius 3 is 2.80 bits per heavy atom. The summed E-state index contributed by atoms with van der Waals surface area (Å²) in [7, 11) is 0. The second kappa shape index (κ2) is 6.95. The van der Waals surface area contributed by atoms with Crippen LogP contribution < -0.4 is 14.7 Å². The van der Waals surface area contributed by atoms with Gasteiger partial charge in [-0.25, -0.2) is 0 Å². The van der Waals surface area contributed by atoms with Crippen LogP contribution in [0, 0.1) is 5.92 Å². The van der Waals surface area contributed by atoms with E-state index in [2.05, 4.69) is 6.92 Å². The first-order valence-corrected chi connectivity index (χ1v) is 7.37. The van der Waals surface area contributed by atoms with Crippen molar-refractivity contribution < 1.29 is 19.5 Å². The van der Waals surface area contributed by atoms with Crippen molar-refractivity contribution in [2.75, 3.05) is 19.7 Å². The molecule has 0 atom stereocenters. The van der Waals surface area contributed by atoms with Crippen molar-refractivity contribution >= 4 is 17.6 Å². The van der Waals surface area contributed by atoms with E-state index in [-0.39, 0.29) is 0 Å². The van der Waals surface area contributed by atoms with Gasteiger partial charge >= 0.3 is 0 Å². The van der Waals surface area contributed by atoms with Gasteiger partial charge in [0, 0.05) is 10.6 Å². The predicted octanol–water partition coefficient (Wildman–Crippen LogP) is 0.284. The highest BCUT2D eigenvalue weighted by atomic mass is 35.5. The number of ether oxygens (including phenoxy) is 1. The van der Waals surface area contributed by atoms with Gasteiger partial charge in [0.25, 0.3) is 0 Å². The standard InChI is InChI=1S/C15H20ClNO3/c1-11-4-6-17(7-5-11)9-12-8-13(2-3-14(12)16)20-10-15(18)19/h2-3,8,11H,4-7,9-10H2,1H3,(H,18,19). The van der Waals surface area contributed by atoms with Gasteiger partial charge in [0.2, 0.25) is 0 Å². The molecule has 110 valence electrons. The van der Waals surface area contributed by atoms with Gasteiger partial charge in [0.05, 0.1) is 19.1 Å². The van der Waals surface area contributed by atoms with Crippen LogP contribution >= 0.6 is 11.6 Å². The van der Waals surface area contributed by atoms with E-state index in [4.69, 9.17) is 16.3 Å². The van der Waals surface area contributed by atoms with E-state index in [0.29, 0.717) is 10.8 Å². The smallest absolute Gasteiger partial charge is 0.128 e. The van der Waals surface area contributed by atoms with Crippen LogP contribution in [0.4, 0.5) is 0 Å². The molecule has 0 amide bonds. The average molecular weight is 298 g/mol. The first kappa shape index (κ1) is 15.1. The number of rotatable bonds is 5. The van der Waals surface area contributed by atoms with Crippen molar-refractivity contribution in [2.45, 2.75) is 26.3 Å². The number of carboxylic acids is 1. The molecule has 1 saturated heterocycles. The van der Waals surface area contributed by atoms with Crippen LogP contribution in [0.1, 0.15) is 25.3 Å². The average Bonchev–Trinajstić information content (AvgIpc) is 2.42. The van der Waals surface area contributed by atoms with Crippen molar-refractivity contribution in [1.82, 2.24) is 0 Å². The summed E-state index contributed by atoms with van der Waals surface area (Å²) in [4.78, 5) is 11.9. The number of nitrogens with one attached hydrogen (secondary N) is 1. The first-order valence-electron chi connectivity index (χ1n) is 6.99. The van der Waals surface area contributed by atoms with Gasteiger partial charge < -0.3 is 19.5 Å². The first-order chi connectivity index (χ1) is 9.54. The molecule has 4 nitrogen and oxygen atoms in total. The van der Waals surface area contributed by atoms with Crippen LogP contribution in [0.3, 0.4) is 0 Å². The summed E-state index contributed by atoms with van der Waals surface area (Å²) in [5.74, 6) is 0.113. The van der Waals surface area contributed by atoms with Crippen molar-refractivity contribution in [3.63, 3.8) is 0 Å². The molecule has 5 heteroatoms. The molecule has 0 radical (unpaired) electrons. The Balaban J connectivity index is 1.99. The van der Waals surface area contributed by atoms with E-state index in [9.17, 15) is 9.90 Å². The highest BCUT2D eigenvalue weighted by Gasteiger charge is 2.20. The summed E-state index contributed by atoms with van der Waals surface area (Å²) < 4.78 is 5.14. The number of aliphatic carboxylic acids is 1. The molecule has 1 aromatic carbocycles. The number of benzene rings is 1. The quantitative estimate of drug-likeness (QED) is 0.849. The van der Waals surface area contributed by atoms with E-state index in [1.807, 2.05) is 6.07 Å². The third-order valence-electron chi connectivity index (χ3n) is 3.80.